The van der Waals surface area contributed by atoms with Crippen molar-refractivity contribution < 1.29 is 9.90 Å². The highest BCUT2D eigenvalue weighted by Crippen LogP contribution is 2.31. The molecule has 0 aliphatic heterocycles. The van der Waals surface area contributed by atoms with Crippen LogP contribution in [0.15, 0.2) is 30.5 Å². The Morgan fingerprint density at radius 2 is 2.00 bits per heavy atom. The van der Waals surface area contributed by atoms with Crippen molar-refractivity contribution in [3.63, 3.8) is 0 Å². The van der Waals surface area contributed by atoms with Crippen LogP contribution >= 0.6 is 0 Å². The monoisotopic (exact) mass is 299 g/mol. The van der Waals surface area contributed by atoms with Crippen LogP contribution in [0.5, 0.6) is 0 Å². The number of benzene rings is 1. The van der Waals surface area contributed by atoms with Crippen molar-refractivity contribution in [1.82, 2.24) is 9.78 Å². The normalized spacial score (nSPS) is 15.1. The summed E-state index contributed by atoms with van der Waals surface area (Å²) in [6.07, 6.45) is 6.92. The Labute approximate surface area is 130 Å². The highest BCUT2D eigenvalue weighted by atomic mass is 16.4. The summed E-state index contributed by atoms with van der Waals surface area (Å²) in [6, 6.07) is 7.49. The van der Waals surface area contributed by atoms with E-state index in [2.05, 4.69) is 22.0 Å². The first-order valence-corrected chi connectivity index (χ1v) is 7.75. The molecule has 1 aliphatic carbocycles. The van der Waals surface area contributed by atoms with Crippen molar-refractivity contribution >= 4 is 11.7 Å². The maximum absolute atomic E-state index is 10.8. The van der Waals surface area contributed by atoms with Crippen LogP contribution in [-0.2, 0) is 6.54 Å². The quantitative estimate of drug-likeness (QED) is 0.885. The third-order valence-electron chi connectivity index (χ3n) is 4.40. The Balaban J connectivity index is 1.65. The van der Waals surface area contributed by atoms with Gasteiger partial charge in [-0.25, -0.2) is 4.79 Å². The Hall–Kier alpha value is -2.30. The van der Waals surface area contributed by atoms with Crippen molar-refractivity contribution in [3.05, 3.63) is 47.3 Å². The molecule has 1 aromatic carbocycles. The lowest BCUT2D eigenvalue weighted by Gasteiger charge is -2.13. The van der Waals surface area contributed by atoms with Crippen LogP contribution in [-0.4, -0.2) is 20.9 Å². The summed E-state index contributed by atoms with van der Waals surface area (Å²) in [6.45, 7) is 2.76. The van der Waals surface area contributed by atoms with E-state index in [4.69, 9.17) is 5.11 Å². The third-order valence-corrected chi connectivity index (χ3v) is 4.40. The summed E-state index contributed by atoms with van der Waals surface area (Å²) in [4.78, 5) is 10.8. The zero-order valence-corrected chi connectivity index (χ0v) is 12.7. The third kappa shape index (κ3) is 2.98. The average molecular weight is 299 g/mol. The summed E-state index contributed by atoms with van der Waals surface area (Å²) in [5.74, 6) is -0.895. The summed E-state index contributed by atoms with van der Waals surface area (Å²) in [7, 11) is 0. The number of aromatic carboxylic acids is 1. The molecular weight excluding hydrogens is 278 g/mol. The number of nitrogens with one attached hydrogen (secondary N) is 1. The van der Waals surface area contributed by atoms with Crippen LogP contribution in [0, 0.1) is 6.92 Å². The number of carboxylic acids is 1. The minimum Gasteiger partial charge on any atom is -0.478 e. The summed E-state index contributed by atoms with van der Waals surface area (Å²) in [5.41, 5.74) is 3.59. The molecule has 0 unspecified atom stereocenters. The number of aromatic nitrogens is 2. The van der Waals surface area contributed by atoms with Crippen LogP contribution < -0.4 is 5.32 Å². The van der Waals surface area contributed by atoms with E-state index < -0.39 is 5.97 Å². The van der Waals surface area contributed by atoms with E-state index in [-0.39, 0.29) is 0 Å². The minimum absolute atomic E-state index is 0.314. The average Bonchev–Trinajstić information content (AvgIpc) is 3.15. The largest absolute Gasteiger partial charge is 0.478 e. The molecule has 0 saturated heterocycles. The maximum atomic E-state index is 10.8. The van der Waals surface area contributed by atoms with Gasteiger partial charge in [0.2, 0.25) is 0 Å². The molecule has 1 fully saturated rings. The molecule has 2 aromatic rings. The van der Waals surface area contributed by atoms with E-state index in [0.717, 1.165) is 11.3 Å². The molecule has 22 heavy (non-hydrogen) atoms. The Bertz CT molecular complexity index is 655. The second kappa shape index (κ2) is 6.22. The number of hydrogen-bond acceptors (Lipinski definition) is 3. The van der Waals surface area contributed by atoms with Crippen LogP contribution in [0.1, 0.15) is 53.3 Å². The highest BCUT2D eigenvalue weighted by molar-refractivity contribution is 5.87. The van der Waals surface area contributed by atoms with Crippen molar-refractivity contribution in [2.45, 2.75) is 45.2 Å². The van der Waals surface area contributed by atoms with Crippen LogP contribution in [0.2, 0.25) is 0 Å². The topological polar surface area (TPSA) is 67.2 Å². The van der Waals surface area contributed by atoms with Gasteiger partial charge in [0.1, 0.15) is 0 Å². The molecule has 0 bridgehead atoms. The van der Waals surface area contributed by atoms with Gasteiger partial charge >= 0.3 is 5.97 Å². The van der Waals surface area contributed by atoms with E-state index in [0.29, 0.717) is 18.2 Å². The molecule has 1 heterocycles. The SMILES string of the molecule is Cc1c(NCc2ccc(C(=O)O)cc2)cnn1C1CCCC1. The summed E-state index contributed by atoms with van der Waals surface area (Å²) < 4.78 is 2.14. The van der Waals surface area contributed by atoms with Gasteiger partial charge in [-0.15, -0.1) is 0 Å². The van der Waals surface area contributed by atoms with Gasteiger partial charge in [0.25, 0.3) is 0 Å². The Morgan fingerprint density at radius 1 is 1.32 bits per heavy atom. The number of rotatable bonds is 5. The van der Waals surface area contributed by atoms with Crippen molar-refractivity contribution in [2.75, 3.05) is 5.32 Å². The van der Waals surface area contributed by atoms with Gasteiger partial charge in [0, 0.05) is 6.54 Å². The van der Waals surface area contributed by atoms with Crippen molar-refractivity contribution in [3.8, 4) is 0 Å². The molecule has 116 valence electrons. The van der Waals surface area contributed by atoms with Gasteiger partial charge in [-0.05, 0) is 37.5 Å². The molecule has 1 aromatic heterocycles. The maximum Gasteiger partial charge on any atom is 0.335 e. The lowest BCUT2D eigenvalue weighted by atomic mass is 10.1. The first kappa shape index (κ1) is 14.6. The number of hydrogen-bond donors (Lipinski definition) is 2. The lowest BCUT2D eigenvalue weighted by Crippen LogP contribution is -2.09. The van der Waals surface area contributed by atoms with Gasteiger partial charge in [0.05, 0.1) is 29.2 Å². The fourth-order valence-electron chi connectivity index (χ4n) is 3.08. The zero-order valence-electron chi connectivity index (χ0n) is 12.7. The second-order valence-corrected chi connectivity index (χ2v) is 5.88. The molecule has 3 rings (SSSR count). The van der Waals surface area contributed by atoms with E-state index in [1.165, 1.54) is 31.4 Å². The smallest absolute Gasteiger partial charge is 0.335 e. The number of carboxylic acid groups (broad SMARTS) is 1. The van der Waals surface area contributed by atoms with Gasteiger partial charge in [-0.1, -0.05) is 25.0 Å². The fraction of sp³-hybridized carbons (Fsp3) is 0.412. The van der Waals surface area contributed by atoms with Gasteiger partial charge in [-0.2, -0.15) is 5.10 Å². The van der Waals surface area contributed by atoms with E-state index in [1.54, 1.807) is 12.1 Å². The molecule has 1 aliphatic rings. The van der Waals surface area contributed by atoms with E-state index >= 15 is 0 Å². The van der Waals surface area contributed by atoms with Crippen LogP contribution in [0.25, 0.3) is 0 Å². The number of carbonyl (C=O) groups is 1. The second-order valence-electron chi connectivity index (χ2n) is 5.88. The van der Waals surface area contributed by atoms with E-state index in [1.807, 2.05) is 18.3 Å². The standard InChI is InChI=1S/C17H21N3O2/c1-12-16(11-19-20(12)15-4-2-3-5-15)18-10-13-6-8-14(9-7-13)17(21)22/h6-9,11,15,18H,2-5,10H2,1H3,(H,21,22). The van der Waals surface area contributed by atoms with Gasteiger partial charge in [0.15, 0.2) is 0 Å². The van der Waals surface area contributed by atoms with E-state index in [9.17, 15) is 4.79 Å². The number of anilines is 1. The molecule has 0 amide bonds. The molecular formula is C17H21N3O2. The summed E-state index contributed by atoms with van der Waals surface area (Å²) >= 11 is 0. The Morgan fingerprint density at radius 3 is 2.64 bits per heavy atom. The predicted octanol–water partition coefficient (Wildman–Crippen LogP) is 3.62. The Kier molecular flexibility index (Phi) is 4.13. The fourth-order valence-corrected chi connectivity index (χ4v) is 3.08. The first-order chi connectivity index (χ1) is 10.6. The van der Waals surface area contributed by atoms with Crippen LogP contribution in [0.3, 0.4) is 0 Å². The van der Waals surface area contributed by atoms with Gasteiger partial charge in [-0.3, -0.25) is 4.68 Å². The minimum atomic E-state index is -0.895. The molecule has 0 radical (unpaired) electrons. The first-order valence-electron chi connectivity index (χ1n) is 7.75. The molecule has 5 heteroatoms. The van der Waals surface area contributed by atoms with Crippen molar-refractivity contribution in [2.24, 2.45) is 0 Å². The summed E-state index contributed by atoms with van der Waals surface area (Å²) in [5, 5.41) is 16.8. The predicted molar refractivity (Wildman–Crippen MR) is 85.2 cm³/mol. The molecule has 1 saturated carbocycles. The van der Waals surface area contributed by atoms with Gasteiger partial charge < -0.3 is 10.4 Å². The number of nitrogens with zero attached hydrogens (tertiary/aromatic N) is 2. The lowest BCUT2D eigenvalue weighted by molar-refractivity contribution is 0.0697. The zero-order chi connectivity index (χ0) is 15.5. The highest BCUT2D eigenvalue weighted by Gasteiger charge is 2.20. The van der Waals surface area contributed by atoms with Crippen LogP contribution in [0.4, 0.5) is 5.69 Å². The molecule has 0 spiro atoms. The van der Waals surface area contributed by atoms with Crippen molar-refractivity contribution in [1.29, 1.82) is 0 Å². The molecule has 2 N–H and O–H groups in total. The molecule has 5 nitrogen and oxygen atoms in total. The molecule has 0 atom stereocenters.